The van der Waals surface area contributed by atoms with Crippen molar-refractivity contribution in [3.8, 4) is 11.3 Å². The SMILES string of the molecule is O=c1ccc(-c2ccncc2)nn1CC1CCN(c2ccncc2Cl)CC1. The number of hydrogen-bond donors (Lipinski definition) is 0. The molecule has 0 bridgehead atoms. The van der Waals surface area contributed by atoms with E-state index in [4.69, 9.17) is 11.6 Å². The first-order valence-electron chi connectivity index (χ1n) is 9.04. The van der Waals surface area contributed by atoms with Gasteiger partial charge in [0, 0.05) is 56.1 Å². The molecule has 0 aliphatic carbocycles. The Morgan fingerprint density at radius 3 is 2.48 bits per heavy atom. The van der Waals surface area contributed by atoms with Crippen molar-refractivity contribution in [3.05, 3.63) is 70.5 Å². The van der Waals surface area contributed by atoms with Crippen molar-refractivity contribution in [1.82, 2.24) is 19.7 Å². The molecule has 1 fully saturated rings. The van der Waals surface area contributed by atoms with Crippen molar-refractivity contribution < 1.29 is 0 Å². The molecule has 0 amide bonds. The summed E-state index contributed by atoms with van der Waals surface area (Å²) in [6, 6.07) is 9.10. The highest BCUT2D eigenvalue weighted by molar-refractivity contribution is 6.33. The van der Waals surface area contributed by atoms with E-state index in [2.05, 4.69) is 20.0 Å². The molecule has 7 heteroatoms. The molecule has 0 spiro atoms. The van der Waals surface area contributed by atoms with E-state index in [1.54, 1.807) is 41.6 Å². The van der Waals surface area contributed by atoms with Crippen LogP contribution in [0.2, 0.25) is 5.02 Å². The second kappa shape index (κ2) is 7.88. The number of halogens is 1. The molecule has 1 saturated heterocycles. The molecule has 3 aromatic rings. The smallest absolute Gasteiger partial charge is 0.266 e. The van der Waals surface area contributed by atoms with Crippen molar-refractivity contribution in [3.63, 3.8) is 0 Å². The first kappa shape index (κ1) is 17.7. The third-order valence-corrected chi connectivity index (χ3v) is 5.27. The lowest BCUT2D eigenvalue weighted by Gasteiger charge is -2.34. The normalized spacial score (nSPS) is 15.1. The van der Waals surface area contributed by atoms with Crippen LogP contribution in [0.5, 0.6) is 0 Å². The topological polar surface area (TPSA) is 63.9 Å². The van der Waals surface area contributed by atoms with Crippen molar-refractivity contribution in [1.29, 1.82) is 0 Å². The van der Waals surface area contributed by atoms with E-state index in [9.17, 15) is 4.79 Å². The average Bonchev–Trinajstić information content (AvgIpc) is 2.71. The first-order valence-corrected chi connectivity index (χ1v) is 9.41. The molecule has 0 aromatic carbocycles. The van der Waals surface area contributed by atoms with Gasteiger partial charge in [-0.15, -0.1) is 0 Å². The molecule has 0 N–H and O–H groups in total. The maximum absolute atomic E-state index is 12.3. The molecule has 3 aromatic heterocycles. The third-order valence-electron chi connectivity index (χ3n) is 4.98. The highest BCUT2D eigenvalue weighted by Crippen LogP contribution is 2.29. The minimum Gasteiger partial charge on any atom is -0.370 e. The van der Waals surface area contributed by atoms with E-state index in [0.717, 1.165) is 42.9 Å². The minimum absolute atomic E-state index is 0.0626. The summed E-state index contributed by atoms with van der Waals surface area (Å²) in [7, 11) is 0. The lowest BCUT2D eigenvalue weighted by Crippen LogP contribution is -2.37. The van der Waals surface area contributed by atoms with Gasteiger partial charge in [-0.1, -0.05) is 11.6 Å². The molecule has 6 nitrogen and oxygen atoms in total. The van der Waals surface area contributed by atoms with Gasteiger partial charge in [-0.25, -0.2) is 4.68 Å². The van der Waals surface area contributed by atoms with Crippen LogP contribution in [0.3, 0.4) is 0 Å². The molecular weight excluding hydrogens is 362 g/mol. The quantitative estimate of drug-likeness (QED) is 0.694. The predicted octanol–water partition coefficient (Wildman–Crippen LogP) is 3.27. The van der Waals surface area contributed by atoms with Gasteiger partial charge in [0.05, 0.1) is 16.4 Å². The van der Waals surface area contributed by atoms with Crippen LogP contribution in [0.4, 0.5) is 5.69 Å². The summed E-state index contributed by atoms with van der Waals surface area (Å²) >= 11 is 6.26. The van der Waals surface area contributed by atoms with Gasteiger partial charge >= 0.3 is 0 Å². The molecule has 0 unspecified atom stereocenters. The molecule has 1 aliphatic rings. The lowest BCUT2D eigenvalue weighted by molar-refractivity contribution is 0.336. The van der Waals surface area contributed by atoms with Crippen LogP contribution in [0, 0.1) is 5.92 Å². The Kier molecular flexibility index (Phi) is 5.16. The van der Waals surface area contributed by atoms with Gasteiger partial charge in [0.25, 0.3) is 5.56 Å². The van der Waals surface area contributed by atoms with Crippen LogP contribution in [-0.2, 0) is 6.54 Å². The van der Waals surface area contributed by atoms with E-state index < -0.39 is 0 Å². The van der Waals surface area contributed by atoms with E-state index in [1.807, 2.05) is 18.2 Å². The van der Waals surface area contributed by atoms with Gasteiger partial charge in [-0.2, -0.15) is 5.10 Å². The third kappa shape index (κ3) is 4.01. The zero-order valence-corrected chi connectivity index (χ0v) is 15.6. The zero-order valence-electron chi connectivity index (χ0n) is 14.8. The first-order chi connectivity index (χ1) is 13.2. The molecule has 0 saturated carbocycles. The highest BCUT2D eigenvalue weighted by Gasteiger charge is 2.22. The molecule has 27 heavy (non-hydrogen) atoms. The van der Waals surface area contributed by atoms with Crippen LogP contribution in [0.15, 0.2) is 59.9 Å². The van der Waals surface area contributed by atoms with Gasteiger partial charge in [-0.3, -0.25) is 14.8 Å². The summed E-state index contributed by atoms with van der Waals surface area (Å²) in [6.45, 7) is 2.45. The van der Waals surface area contributed by atoms with Gasteiger partial charge < -0.3 is 4.90 Å². The Morgan fingerprint density at radius 2 is 1.74 bits per heavy atom. The maximum Gasteiger partial charge on any atom is 0.266 e. The van der Waals surface area contributed by atoms with Gasteiger partial charge in [-0.05, 0) is 43.0 Å². The molecular formula is C20H20ClN5O. The van der Waals surface area contributed by atoms with Crippen molar-refractivity contribution in [2.75, 3.05) is 18.0 Å². The number of hydrogen-bond acceptors (Lipinski definition) is 5. The lowest BCUT2D eigenvalue weighted by atomic mass is 9.96. The van der Waals surface area contributed by atoms with Crippen molar-refractivity contribution in [2.45, 2.75) is 19.4 Å². The summed E-state index contributed by atoms with van der Waals surface area (Å²) in [6.07, 6.45) is 8.88. The Labute approximate surface area is 162 Å². The maximum atomic E-state index is 12.3. The summed E-state index contributed by atoms with van der Waals surface area (Å²) in [5.74, 6) is 0.416. The van der Waals surface area contributed by atoms with Crippen LogP contribution in [-0.4, -0.2) is 32.8 Å². The van der Waals surface area contributed by atoms with Crippen molar-refractivity contribution in [2.24, 2.45) is 5.92 Å². The summed E-state index contributed by atoms with van der Waals surface area (Å²) in [5, 5.41) is 5.24. The number of aromatic nitrogens is 4. The molecule has 1 aliphatic heterocycles. The fraction of sp³-hybridized carbons (Fsp3) is 0.300. The van der Waals surface area contributed by atoms with Crippen LogP contribution in [0.25, 0.3) is 11.3 Å². The zero-order chi connectivity index (χ0) is 18.6. The Balaban J connectivity index is 1.45. The van der Waals surface area contributed by atoms with Crippen LogP contribution in [0.1, 0.15) is 12.8 Å². The van der Waals surface area contributed by atoms with E-state index >= 15 is 0 Å². The molecule has 0 atom stereocenters. The van der Waals surface area contributed by atoms with E-state index in [0.29, 0.717) is 17.5 Å². The number of piperidine rings is 1. The summed E-state index contributed by atoms with van der Waals surface area (Å²) in [4.78, 5) is 22.6. The largest absolute Gasteiger partial charge is 0.370 e. The second-order valence-electron chi connectivity index (χ2n) is 6.73. The summed E-state index contributed by atoms with van der Waals surface area (Å²) in [5.41, 5.74) is 2.71. The molecule has 4 heterocycles. The molecule has 4 rings (SSSR count). The Hall–Kier alpha value is -2.73. The second-order valence-corrected chi connectivity index (χ2v) is 7.14. The van der Waals surface area contributed by atoms with Gasteiger partial charge in [0.1, 0.15) is 0 Å². The number of nitrogens with zero attached hydrogens (tertiary/aromatic N) is 5. The van der Waals surface area contributed by atoms with Gasteiger partial charge in [0.15, 0.2) is 0 Å². The fourth-order valence-electron chi connectivity index (χ4n) is 3.48. The van der Waals surface area contributed by atoms with E-state index in [1.165, 1.54) is 0 Å². The fourth-order valence-corrected chi connectivity index (χ4v) is 3.72. The van der Waals surface area contributed by atoms with Crippen LogP contribution < -0.4 is 10.5 Å². The Morgan fingerprint density at radius 1 is 1.00 bits per heavy atom. The highest BCUT2D eigenvalue weighted by atomic mass is 35.5. The minimum atomic E-state index is -0.0626. The van der Waals surface area contributed by atoms with Crippen LogP contribution >= 0.6 is 11.6 Å². The number of anilines is 1. The number of rotatable bonds is 4. The predicted molar refractivity (Wildman–Crippen MR) is 106 cm³/mol. The molecule has 138 valence electrons. The van der Waals surface area contributed by atoms with Crippen molar-refractivity contribution >= 4 is 17.3 Å². The van der Waals surface area contributed by atoms with Gasteiger partial charge in [0.2, 0.25) is 0 Å². The monoisotopic (exact) mass is 381 g/mol. The Bertz CT molecular complexity index is 967. The summed E-state index contributed by atoms with van der Waals surface area (Å²) < 4.78 is 1.59. The number of pyridine rings is 2. The average molecular weight is 382 g/mol. The standard InChI is InChI=1S/C20H20ClN5O/c21-17-13-23-10-5-19(17)25-11-6-15(7-12-25)14-26-20(27)2-1-18(24-26)16-3-8-22-9-4-16/h1-5,8-10,13,15H,6-7,11-12,14H2. The van der Waals surface area contributed by atoms with E-state index in [-0.39, 0.29) is 5.56 Å². The molecule has 0 radical (unpaired) electrons.